The fourth-order valence-electron chi connectivity index (χ4n) is 4.61. The fourth-order valence-corrected chi connectivity index (χ4v) is 4.61. The Morgan fingerprint density at radius 1 is 0.943 bits per heavy atom. The summed E-state index contributed by atoms with van der Waals surface area (Å²) in [6.07, 6.45) is 5.58. The minimum atomic E-state index is 0.0475. The number of carbonyl (C=O) groups is 2. The molecule has 0 N–H and O–H groups in total. The molecule has 2 amide bonds. The van der Waals surface area contributed by atoms with Crippen LogP contribution < -0.4 is 9.64 Å². The van der Waals surface area contributed by atoms with Crippen molar-refractivity contribution in [2.45, 2.75) is 58.9 Å². The minimum absolute atomic E-state index is 0.0475. The largest absolute Gasteiger partial charge is 0.497 e. The lowest BCUT2D eigenvalue weighted by Gasteiger charge is -2.22. The van der Waals surface area contributed by atoms with Crippen molar-refractivity contribution in [2.24, 2.45) is 0 Å². The third-order valence-electron chi connectivity index (χ3n) is 6.60. The van der Waals surface area contributed by atoms with Crippen molar-refractivity contribution in [1.82, 2.24) is 9.47 Å². The molecule has 35 heavy (non-hydrogen) atoms. The number of fused-ring (bicyclic) bond motifs is 1. The third kappa shape index (κ3) is 6.65. The van der Waals surface area contributed by atoms with Gasteiger partial charge in [0, 0.05) is 51.6 Å². The van der Waals surface area contributed by atoms with Crippen molar-refractivity contribution in [3.05, 3.63) is 59.8 Å². The van der Waals surface area contributed by atoms with Gasteiger partial charge in [-0.1, -0.05) is 49.6 Å². The van der Waals surface area contributed by atoms with E-state index in [1.807, 2.05) is 23.1 Å². The second-order valence-electron chi connectivity index (χ2n) is 9.37. The molecule has 0 aliphatic rings. The summed E-state index contributed by atoms with van der Waals surface area (Å²) in [6.45, 7) is 5.16. The standard InChI is InChI=1S/C29H39N3O3/c1-22-29(31(23(2)33)19-13-8-6-7-12-16-28(34)30(3)4)26-20-25(35-5)17-18-27(26)32(22)21-24-14-10-9-11-15-24/h9-11,14-15,17-18,20H,6-8,12-13,16,19,21H2,1-5H3. The summed E-state index contributed by atoms with van der Waals surface area (Å²) < 4.78 is 7.80. The number of unbranched alkanes of at least 4 members (excludes halogenated alkanes) is 4. The average Bonchev–Trinajstić information content (AvgIpc) is 3.11. The predicted molar refractivity (Wildman–Crippen MR) is 143 cm³/mol. The lowest BCUT2D eigenvalue weighted by Crippen LogP contribution is -2.30. The number of carbonyl (C=O) groups excluding carboxylic acids is 2. The summed E-state index contributed by atoms with van der Waals surface area (Å²) in [6, 6.07) is 16.5. The van der Waals surface area contributed by atoms with Crippen LogP contribution in [-0.4, -0.2) is 49.0 Å². The van der Waals surface area contributed by atoms with Crippen LogP contribution in [0, 0.1) is 6.92 Å². The van der Waals surface area contributed by atoms with Crippen LogP contribution in [0.1, 0.15) is 56.7 Å². The molecule has 0 saturated carbocycles. The van der Waals surface area contributed by atoms with Gasteiger partial charge in [0.1, 0.15) is 5.75 Å². The van der Waals surface area contributed by atoms with E-state index in [1.54, 1.807) is 33.0 Å². The van der Waals surface area contributed by atoms with Gasteiger partial charge in [0.15, 0.2) is 0 Å². The van der Waals surface area contributed by atoms with E-state index in [9.17, 15) is 9.59 Å². The van der Waals surface area contributed by atoms with E-state index in [-0.39, 0.29) is 11.8 Å². The van der Waals surface area contributed by atoms with Gasteiger partial charge >= 0.3 is 0 Å². The zero-order chi connectivity index (χ0) is 25.4. The minimum Gasteiger partial charge on any atom is -0.497 e. The number of nitrogens with zero attached hydrogens (tertiary/aromatic N) is 3. The zero-order valence-electron chi connectivity index (χ0n) is 21.8. The molecule has 2 aromatic carbocycles. The van der Waals surface area contributed by atoms with Crippen LogP contribution in [-0.2, 0) is 16.1 Å². The molecule has 0 bridgehead atoms. The second kappa shape index (κ2) is 12.4. The number of hydrogen-bond donors (Lipinski definition) is 0. The van der Waals surface area contributed by atoms with Crippen molar-refractivity contribution in [1.29, 1.82) is 0 Å². The number of ether oxygens (including phenoxy) is 1. The third-order valence-corrected chi connectivity index (χ3v) is 6.60. The van der Waals surface area contributed by atoms with E-state index in [0.29, 0.717) is 13.0 Å². The number of rotatable bonds is 12. The van der Waals surface area contributed by atoms with E-state index in [4.69, 9.17) is 4.74 Å². The van der Waals surface area contributed by atoms with Gasteiger partial charge in [-0.2, -0.15) is 0 Å². The van der Waals surface area contributed by atoms with E-state index < -0.39 is 0 Å². The van der Waals surface area contributed by atoms with Crippen LogP contribution in [0.2, 0.25) is 0 Å². The average molecular weight is 478 g/mol. The van der Waals surface area contributed by atoms with Gasteiger partial charge < -0.3 is 19.1 Å². The zero-order valence-corrected chi connectivity index (χ0v) is 21.8. The van der Waals surface area contributed by atoms with Crippen molar-refractivity contribution < 1.29 is 14.3 Å². The van der Waals surface area contributed by atoms with Gasteiger partial charge in [0.25, 0.3) is 0 Å². The van der Waals surface area contributed by atoms with E-state index in [0.717, 1.165) is 66.7 Å². The number of benzene rings is 2. The summed E-state index contributed by atoms with van der Waals surface area (Å²) in [7, 11) is 5.27. The van der Waals surface area contributed by atoms with E-state index in [1.165, 1.54) is 5.56 Å². The number of anilines is 1. The van der Waals surface area contributed by atoms with Crippen LogP contribution in [0.4, 0.5) is 5.69 Å². The first-order valence-corrected chi connectivity index (χ1v) is 12.5. The van der Waals surface area contributed by atoms with Crippen molar-refractivity contribution in [2.75, 3.05) is 32.6 Å². The molecule has 0 aliphatic carbocycles. The topological polar surface area (TPSA) is 54.8 Å². The summed E-state index contributed by atoms with van der Waals surface area (Å²) in [4.78, 5) is 28.1. The molecule has 6 nitrogen and oxygen atoms in total. The first kappa shape index (κ1) is 26.3. The maximum absolute atomic E-state index is 12.8. The first-order valence-electron chi connectivity index (χ1n) is 12.5. The maximum atomic E-state index is 12.8. The Bertz CT molecular complexity index is 1140. The quantitative estimate of drug-likeness (QED) is 0.310. The molecule has 6 heteroatoms. The highest BCUT2D eigenvalue weighted by Gasteiger charge is 2.22. The molecular formula is C29H39N3O3. The lowest BCUT2D eigenvalue weighted by atomic mass is 10.1. The van der Waals surface area contributed by atoms with E-state index >= 15 is 0 Å². The van der Waals surface area contributed by atoms with Gasteiger partial charge in [0.2, 0.25) is 11.8 Å². The normalized spacial score (nSPS) is 11.0. The maximum Gasteiger partial charge on any atom is 0.223 e. The molecule has 0 unspecified atom stereocenters. The Kier molecular flexibility index (Phi) is 9.35. The Labute approximate surface area is 209 Å². The highest BCUT2D eigenvalue weighted by Crippen LogP contribution is 2.37. The Hall–Kier alpha value is -3.28. The Morgan fingerprint density at radius 3 is 2.29 bits per heavy atom. The van der Waals surface area contributed by atoms with Crippen LogP contribution in [0.15, 0.2) is 48.5 Å². The van der Waals surface area contributed by atoms with Crippen LogP contribution in [0.5, 0.6) is 5.75 Å². The summed E-state index contributed by atoms with van der Waals surface area (Å²) in [5.74, 6) is 1.02. The van der Waals surface area contributed by atoms with Gasteiger partial charge in [0.05, 0.1) is 18.3 Å². The van der Waals surface area contributed by atoms with Gasteiger partial charge in [-0.3, -0.25) is 9.59 Å². The summed E-state index contributed by atoms with van der Waals surface area (Å²) >= 11 is 0. The molecule has 0 spiro atoms. The summed E-state index contributed by atoms with van der Waals surface area (Å²) in [5.41, 5.74) is 4.37. The SMILES string of the molecule is COc1ccc2c(c1)c(N(CCCCCCCC(=O)N(C)C)C(C)=O)c(C)n2Cc1ccccc1. The molecule has 1 aromatic heterocycles. The molecule has 0 aliphatic heterocycles. The van der Waals surface area contributed by atoms with Crippen molar-refractivity contribution >= 4 is 28.4 Å². The monoisotopic (exact) mass is 477 g/mol. The number of methoxy groups -OCH3 is 1. The van der Waals surface area contributed by atoms with Crippen LogP contribution >= 0.6 is 0 Å². The Balaban J connectivity index is 1.77. The number of amides is 2. The van der Waals surface area contributed by atoms with Crippen molar-refractivity contribution in [3.63, 3.8) is 0 Å². The molecule has 3 aromatic rings. The molecule has 3 rings (SSSR count). The molecule has 0 radical (unpaired) electrons. The van der Waals surface area contributed by atoms with Gasteiger partial charge in [-0.25, -0.2) is 0 Å². The van der Waals surface area contributed by atoms with Crippen LogP contribution in [0.3, 0.4) is 0 Å². The smallest absolute Gasteiger partial charge is 0.223 e. The van der Waals surface area contributed by atoms with Crippen LogP contribution in [0.25, 0.3) is 10.9 Å². The lowest BCUT2D eigenvalue weighted by molar-refractivity contribution is -0.128. The predicted octanol–water partition coefficient (Wildman–Crippen LogP) is 5.79. The highest BCUT2D eigenvalue weighted by molar-refractivity contribution is 6.04. The molecule has 0 saturated heterocycles. The molecule has 0 atom stereocenters. The van der Waals surface area contributed by atoms with Gasteiger partial charge in [-0.05, 0) is 43.5 Å². The molecular weight excluding hydrogens is 438 g/mol. The molecule has 0 fully saturated rings. The summed E-state index contributed by atoms with van der Waals surface area (Å²) in [5, 5.41) is 1.04. The Morgan fingerprint density at radius 2 is 1.63 bits per heavy atom. The fraction of sp³-hybridized carbons (Fsp3) is 0.448. The number of aromatic nitrogens is 1. The second-order valence-corrected chi connectivity index (χ2v) is 9.37. The highest BCUT2D eigenvalue weighted by atomic mass is 16.5. The molecule has 1 heterocycles. The van der Waals surface area contributed by atoms with Gasteiger partial charge in [-0.15, -0.1) is 0 Å². The van der Waals surface area contributed by atoms with E-state index in [2.05, 4.69) is 41.8 Å². The number of hydrogen-bond acceptors (Lipinski definition) is 3. The molecule has 188 valence electrons. The first-order chi connectivity index (χ1) is 16.8. The van der Waals surface area contributed by atoms with Crippen molar-refractivity contribution in [3.8, 4) is 5.75 Å².